The molecule has 5 heteroatoms. The number of amides is 1. The SMILES string of the molecule is C[C@H](O)CNC(=O)c1ccc(Br)o1. The van der Waals surface area contributed by atoms with Crippen LogP contribution >= 0.6 is 15.9 Å². The molecule has 0 aliphatic heterocycles. The topological polar surface area (TPSA) is 62.5 Å². The minimum Gasteiger partial charge on any atom is -0.444 e. The Kier molecular flexibility index (Phi) is 3.50. The Hall–Kier alpha value is -0.810. The van der Waals surface area contributed by atoms with Crippen LogP contribution in [0.2, 0.25) is 0 Å². The summed E-state index contributed by atoms with van der Waals surface area (Å²) in [4.78, 5) is 11.2. The van der Waals surface area contributed by atoms with E-state index in [1.807, 2.05) is 0 Å². The number of aliphatic hydroxyl groups is 1. The molecule has 0 aliphatic carbocycles. The van der Waals surface area contributed by atoms with Crippen LogP contribution in [0.25, 0.3) is 0 Å². The maximum Gasteiger partial charge on any atom is 0.287 e. The highest BCUT2D eigenvalue weighted by Gasteiger charge is 2.09. The third kappa shape index (κ3) is 3.20. The van der Waals surface area contributed by atoms with E-state index in [1.165, 1.54) is 0 Å². The minimum atomic E-state index is -0.553. The fourth-order valence-corrected chi connectivity index (χ4v) is 1.07. The highest BCUT2D eigenvalue weighted by Crippen LogP contribution is 2.13. The Morgan fingerprint density at radius 3 is 2.92 bits per heavy atom. The van der Waals surface area contributed by atoms with Crippen molar-refractivity contribution in [1.82, 2.24) is 5.32 Å². The molecule has 1 rings (SSSR count). The summed E-state index contributed by atoms with van der Waals surface area (Å²) >= 11 is 3.08. The van der Waals surface area contributed by atoms with E-state index in [0.717, 1.165) is 0 Å². The molecule has 4 nitrogen and oxygen atoms in total. The number of hydrogen-bond acceptors (Lipinski definition) is 3. The van der Waals surface area contributed by atoms with Crippen LogP contribution < -0.4 is 5.32 Å². The van der Waals surface area contributed by atoms with Gasteiger partial charge in [-0.1, -0.05) is 0 Å². The summed E-state index contributed by atoms with van der Waals surface area (Å²) in [6.45, 7) is 1.81. The predicted molar refractivity (Wildman–Crippen MR) is 50.4 cm³/mol. The largest absolute Gasteiger partial charge is 0.444 e. The first kappa shape index (κ1) is 10.3. The van der Waals surface area contributed by atoms with Crippen LogP contribution in [-0.2, 0) is 0 Å². The number of carbonyl (C=O) groups is 1. The average Bonchev–Trinajstić information content (AvgIpc) is 2.47. The number of nitrogens with one attached hydrogen (secondary N) is 1. The van der Waals surface area contributed by atoms with Gasteiger partial charge in [0.15, 0.2) is 10.4 Å². The van der Waals surface area contributed by atoms with Gasteiger partial charge in [0.2, 0.25) is 0 Å². The number of rotatable bonds is 3. The summed E-state index contributed by atoms with van der Waals surface area (Å²) in [6.07, 6.45) is -0.553. The van der Waals surface area contributed by atoms with Crippen molar-refractivity contribution in [2.75, 3.05) is 6.54 Å². The maximum atomic E-state index is 11.2. The highest BCUT2D eigenvalue weighted by molar-refractivity contribution is 9.10. The fourth-order valence-electron chi connectivity index (χ4n) is 0.764. The van der Waals surface area contributed by atoms with Crippen molar-refractivity contribution in [3.05, 3.63) is 22.6 Å². The van der Waals surface area contributed by atoms with Gasteiger partial charge in [0.05, 0.1) is 6.10 Å². The Balaban J connectivity index is 2.49. The molecule has 0 fully saturated rings. The summed E-state index contributed by atoms with van der Waals surface area (Å²) in [6, 6.07) is 3.19. The second-order valence-electron chi connectivity index (χ2n) is 2.66. The van der Waals surface area contributed by atoms with Crippen molar-refractivity contribution >= 4 is 21.8 Å². The van der Waals surface area contributed by atoms with Gasteiger partial charge in [0, 0.05) is 6.54 Å². The molecule has 0 radical (unpaired) electrons. The number of aliphatic hydroxyl groups excluding tert-OH is 1. The van der Waals surface area contributed by atoms with Crippen LogP contribution in [0.1, 0.15) is 17.5 Å². The van der Waals surface area contributed by atoms with Crippen molar-refractivity contribution < 1.29 is 14.3 Å². The third-order valence-electron chi connectivity index (χ3n) is 1.36. The van der Waals surface area contributed by atoms with Crippen LogP contribution in [0.15, 0.2) is 21.2 Å². The second kappa shape index (κ2) is 4.43. The Labute approximate surface area is 84.1 Å². The molecule has 1 aromatic rings. The van der Waals surface area contributed by atoms with Crippen LogP contribution in [0.5, 0.6) is 0 Å². The first-order chi connectivity index (χ1) is 6.09. The molecule has 0 bridgehead atoms. The quantitative estimate of drug-likeness (QED) is 0.843. The number of hydrogen-bond donors (Lipinski definition) is 2. The van der Waals surface area contributed by atoms with E-state index >= 15 is 0 Å². The Bertz CT molecular complexity index is 295. The van der Waals surface area contributed by atoms with Gasteiger partial charge in [0.25, 0.3) is 5.91 Å². The van der Waals surface area contributed by atoms with E-state index in [-0.39, 0.29) is 18.2 Å². The van der Waals surface area contributed by atoms with Gasteiger partial charge < -0.3 is 14.8 Å². The predicted octanol–water partition coefficient (Wildman–Crippen LogP) is 1.15. The van der Waals surface area contributed by atoms with Gasteiger partial charge in [-0.2, -0.15) is 0 Å². The van der Waals surface area contributed by atoms with Crippen LogP contribution in [0, 0.1) is 0 Å². The molecule has 1 heterocycles. The summed E-state index contributed by atoms with van der Waals surface area (Å²) in [5, 5.41) is 11.4. The van der Waals surface area contributed by atoms with Gasteiger partial charge in [-0.3, -0.25) is 4.79 Å². The number of carbonyl (C=O) groups excluding carboxylic acids is 1. The van der Waals surface area contributed by atoms with Crippen LogP contribution in [-0.4, -0.2) is 23.7 Å². The fraction of sp³-hybridized carbons (Fsp3) is 0.375. The second-order valence-corrected chi connectivity index (χ2v) is 3.44. The van der Waals surface area contributed by atoms with Gasteiger partial charge in [-0.25, -0.2) is 0 Å². The lowest BCUT2D eigenvalue weighted by Crippen LogP contribution is -2.30. The summed E-state index contributed by atoms with van der Waals surface area (Å²) in [5.41, 5.74) is 0. The molecule has 1 aromatic heterocycles. The molecule has 2 N–H and O–H groups in total. The Morgan fingerprint density at radius 2 is 2.46 bits per heavy atom. The maximum absolute atomic E-state index is 11.2. The lowest BCUT2D eigenvalue weighted by Gasteiger charge is -2.04. The molecular weight excluding hydrogens is 238 g/mol. The van der Waals surface area contributed by atoms with Crippen molar-refractivity contribution in [3.63, 3.8) is 0 Å². The normalized spacial score (nSPS) is 12.5. The zero-order valence-electron chi connectivity index (χ0n) is 7.08. The van der Waals surface area contributed by atoms with Crippen molar-refractivity contribution in [2.45, 2.75) is 13.0 Å². The lowest BCUT2D eigenvalue weighted by atomic mass is 10.4. The first-order valence-corrected chi connectivity index (χ1v) is 4.60. The lowest BCUT2D eigenvalue weighted by molar-refractivity contribution is 0.0895. The van der Waals surface area contributed by atoms with E-state index < -0.39 is 6.10 Å². The van der Waals surface area contributed by atoms with Crippen LogP contribution in [0.3, 0.4) is 0 Å². The van der Waals surface area contributed by atoms with E-state index in [0.29, 0.717) is 4.67 Å². The molecule has 0 unspecified atom stereocenters. The first-order valence-electron chi connectivity index (χ1n) is 3.81. The molecule has 0 aliphatic rings. The summed E-state index contributed by atoms with van der Waals surface area (Å²) < 4.78 is 5.51. The Morgan fingerprint density at radius 1 is 1.77 bits per heavy atom. The molecule has 13 heavy (non-hydrogen) atoms. The van der Waals surface area contributed by atoms with E-state index in [4.69, 9.17) is 9.52 Å². The smallest absolute Gasteiger partial charge is 0.287 e. The highest BCUT2D eigenvalue weighted by atomic mass is 79.9. The summed E-state index contributed by atoms with van der Waals surface area (Å²) in [7, 11) is 0. The molecule has 1 atom stereocenters. The van der Waals surface area contributed by atoms with Crippen molar-refractivity contribution in [1.29, 1.82) is 0 Å². The summed E-state index contributed by atoms with van der Waals surface area (Å²) in [5.74, 6) is -0.0980. The van der Waals surface area contributed by atoms with E-state index in [2.05, 4.69) is 21.2 Å². The number of furan rings is 1. The van der Waals surface area contributed by atoms with E-state index in [9.17, 15) is 4.79 Å². The van der Waals surface area contributed by atoms with Gasteiger partial charge >= 0.3 is 0 Å². The molecular formula is C8H10BrNO3. The molecule has 0 saturated carbocycles. The van der Waals surface area contributed by atoms with Gasteiger partial charge in [0.1, 0.15) is 0 Å². The minimum absolute atomic E-state index is 0.219. The average molecular weight is 248 g/mol. The zero-order chi connectivity index (χ0) is 9.84. The van der Waals surface area contributed by atoms with Crippen molar-refractivity contribution in [2.24, 2.45) is 0 Å². The molecule has 0 spiro atoms. The van der Waals surface area contributed by atoms with Crippen LogP contribution in [0.4, 0.5) is 0 Å². The standard InChI is InChI=1S/C8H10BrNO3/c1-5(11)4-10-8(12)6-2-3-7(9)13-6/h2-3,5,11H,4H2,1H3,(H,10,12)/t5-/m0/s1. The molecule has 0 saturated heterocycles. The monoisotopic (exact) mass is 247 g/mol. The molecule has 0 aromatic carbocycles. The van der Waals surface area contributed by atoms with Gasteiger partial charge in [-0.05, 0) is 35.0 Å². The zero-order valence-corrected chi connectivity index (χ0v) is 8.67. The number of halogens is 1. The molecule has 1 amide bonds. The third-order valence-corrected chi connectivity index (χ3v) is 1.78. The van der Waals surface area contributed by atoms with E-state index in [1.54, 1.807) is 19.1 Å². The van der Waals surface area contributed by atoms with Gasteiger partial charge in [-0.15, -0.1) is 0 Å². The van der Waals surface area contributed by atoms with Crippen molar-refractivity contribution in [3.8, 4) is 0 Å². The molecule has 72 valence electrons.